The molecule has 138 valence electrons. The van der Waals surface area contributed by atoms with Crippen LogP contribution in [0.3, 0.4) is 0 Å². The van der Waals surface area contributed by atoms with Crippen molar-refractivity contribution in [2.45, 2.75) is 6.92 Å². The van der Waals surface area contributed by atoms with Crippen LogP contribution < -0.4 is 14.2 Å². The van der Waals surface area contributed by atoms with Gasteiger partial charge in [-0.3, -0.25) is 4.99 Å². The Morgan fingerprint density at radius 2 is 1.67 bits per heavy atom. The SMILES string of the molecule is CCOc1c(Br)cc(C=Nc2ccc(Oc3ccccc3)cc2)cc1OC. The maximum absolute atomic E-state index is 5.79. The van der Waals surface area contributed by atoms with Gasteiger partial charge in [0.15, 0.2) is 11.5 Å². The number of hydrogen-bond donors (Lipinski definition) is 0. The number of ether oxygens (including phenoxy) is 3. The van der Waals surface area contributed by atoms with Crippen molar-refractivity contribution in [3.63, 3.8) is 0 Å². The van der Waals surface area contributed by atoms with Crippen LogP contribution in [-0.4, -0.2) is 19.9 Å². The molecule has 0 atom stereocenters. The highest BCUT2D eigenvalue weighted by Gasteiger charge is 2.10. The molecule has 3 aromatic rings. The molecule has 0 fully saturated rings. The van der Waals surface area contributed by atoms with Gasteiger partial charge in [-0.05, 0) is 76.9 Å². The van der Waals surface area contributed by atoms with Gasteiger partial charge in [0, 0.05) is 6.21 Å². The molecular formula is C22H20BrNO3. The number of rotatable bonds is 7. The van der Waals surface area contributed by atoms with Gasteiger partial charge in [0.1, 0.15) is 11.5 Å². The summed E-state index contributed by atoms with van der Waals surface area (Å²) in [6.07, 6.45) is 1.79. The molecule has 0 unspecified atom stereocenters. The van der Waals surface area contributed by atoms with Crippen molar-refractivity contribution in [1.82, 2.24) is 0 Å². The number of aliphatic imine (C=N–C) groups is 1. The van der Waals surface area contributed by atoms with Crippen molar-refractivity contribution in [3.8, 4) is 23.0 Å². The van der Waals surface area contributed by atoms with Gasteiger partial charge in [-0.1, -0.05) is 18.2 Å². The zero-order valence-corrected chi connectivity index (χ0v) is 16.8. The van der Waals surface area contributed by atoms with E-state index < -0.39 is 0 Å². The molecule has 0 radical (unpaired) electrons. The van der Waals surface area contributed by atoms with Crippen LogP contribution >= 0.6 is 15.9 Å². The molecule has 3 aromatic carbocycles. The zero-order chi connectivity index (χ0) is 19.1. The summed E-state index contributed by atoms with van der Waals surface area (Å²) in [6, 6.07) is 21.1. The second-order valence-electron chi connectivity index (χ2n) is 5.63. The third-order valence-electron chi connectivity index (χ3n) is 3.72. The number of para-hydroxylation sites is 1. The lowest BCUT2D eigenvalue weighted by atomic mass is 10.2. The number of nitrogens with zero attached hydrogens (tertiary/aromatic N) is 1. The Bertz CT molecular complexity index is 909. The third kappa shape index (κ3) is 5.11. The molecule has 0 bridgehead atoms. The summed E-state index contributed by atoms with van der Waals surface area (Å²) in [5, 5.41) is 0. The first kappa shape index (κ1) is 19.0. The van der Waals surface area contributed by atoms with Gasteiger partial charge in [0.2, 0.25) is 0 Å². The quantitative estimate of drug-likeness (QED) is 0.411. The Hall–Kier alpha value is -2.79. The van der Waals surface area contributed by atoms with Gasteiger partial charge >= 0.3 is 0 Å². The summed E-state index contributed by atoms with van der Waals surface area (Å²) in [4.78, 5) is 4.52. The second kappa shape index (κ2) is 9.24. The van der Waals surface area contributed by atoms with Gasteiger partial charge in [-0.25, -0.2) is 0 Å². The Labute approximate surface area is 167 Å². The van der Waals surface area contributed by atoms with Gasteiger partial charge in [0.25, 0.3) is 0 Å². The Balaban J connectivity index is 1.73. The lowest BCUT2D eigenvalue weighted by Gasteiger charge is -2.12. The minimum absolute atomic E-state index is 0.569. The Morgan fingerprint density at radius 3 is 2.33 bits per heavy atom. The highest BCUT2D eigenvalue weighted by atomic mass is 79.9. The Morgan fingerprint density at radius 1 is 0.963 bits per heavy atom. The molecule has 0 heterocycles. The van der Waals surface area contributed by atoms with Crippen molar-refractivity contribution in [1.29, 1.82) is 0 Å². The molecule has 0 spiro atoms. The van der Waals surface area contributed by atoms with Gasteiger partial charge < -0.3 is 14.2 Å². The van der Waals surface area contributed by atoms with Gasteiger partial charge in [-0.15, -0.1) is 0 Å². The number of benzene rings is 3. The normalized spacial score (nSPS) is 10.8. The maximum atomic E-state index is 5.79. The van der Waals surface area contributed by atoms with Crippen LogP contribution in [-0.2, 0) is 0 Å². The minimum atomic E-state index is 0.569. The Kier molecular flexibility index (Phi) is 6.49. The second-order valence-corrected chi connectivity index (χ2v) is 6.49. The highest BCUT2D eigenvalue weighted by Crippen LogP contribution is 2.36. The molecule has 27 heavy (non-hydrogen) atoms. The maximum Gasteiger partial charge on any atom is 0.175 e. The summed E-state index contributed by atoms with van der Waals surface area (Å²) in [5.74, 6) is 2.93. The summed E-state index contributed by atoms with van der Waals surface area (Å²) in [7, 11) is 1.62. The monoisotopic (exact) mass is 425 g/mol. The van der Waals surface area contributed by atoms with E-state index in [0.29, 0.717) is 18.1 Å². The van der Waals surface area contributed by atoms with Crippen LogP contribution in [0, 0.1) is 0 Å². The topological polar surface area (TPSA) is 40.0 Å². The fraction of sp³-hybridized carbons (Fsp3) is 0.136. The summed E-state index contributed by atoms with van der Waals surface area (Å²) in [6.45, 7) is 2.51. The average molecular weight is 426 g/mol. The van der Waals surface area contributed by atoms with Crippen molar-refractivity contribution in [3.05, 3.63) is 76.8 Å². The molecule has 4 nitrogen and oxygen atoms in total. The summed E-state index contributed by atoms with van der Waals surface area (Å²) >= 11 is 3.52. The molecule has 0 amide bonds. The first-order chi connectivity index (χ1) is 13.2. The fourth-order valence-electron chi connectivity index (χ4n) is 2.47. The highest BCUT2D eigenvalue weighted by molar-refractivity contribution is 9.10. The van der Waals surface area contributed by atoms with E-state index in [9.17, 15) is 0 Å². The predicted octanol–water partition coefficient (Wildman–Crippen LogP) is 6.40. The predicted molar refractivity (Wildman–Crippen MR) is 112 cm³/mol. The van der Waals surface area contributed by atoms with Crippen LogP contribution in [0.5, 0.6) is 23.0 Å². The van der Waals surface area contributed by atoms with Gasteiger partial charge in [0.05, 0.1) is 23.9 Å². The van der Waals surface area contributed by atoms with E-state index in [1.807, 2.05) is 73.7 Å². The number of methoxy groups -OCH3 is 1. The molecule has 0 saturated carbocycles. The third-order valence-corrected chi connectivity index (χ3v) is 4.31. The lowest BCUT2D eigenvalue weighted by molar-refractivity contribution is 0.309. The largest absolute Gasteiger partial charge is 0.493 e. The van der Waals surface area contributed by atoms with Crippen LogP contribution in [0.2, 0.25) is 0 Å². The van der Waals surface area contributed by atoms with Crippen molar-refractivity contribution in [2.24, 2.45) is 4.99 Å². The summed E-state index contributed by atoms with van der Waals surface area (Å²) < 4.78 is 17.6. The van der Waals surface area contributed by atoms with E-state index in [4.69, 9.17) is 14.2 Å². The molecular weight excluding hydrogens is 406 g/mol. The van der Waals surface area contributed by atoms with Crippen molar-refractivity contribution in [2.75, 3.05) is 13.7 Å². The molecule has 0 aliphatic heterocycles. The van der Waals surface area contributed by atoms with E-state index in [2.05, 4.69) is 20.9 Å². The molecule has 0 aliphatic carbocycles. The molecule has 0 saturated heterocycles. The van der Waals surface area contributed by atoms with Crippen LogP contribution in [0.1, 0.15) is 12.5 Å². The van der Waals surface area contributed by atoms with E-state index in [1.54, 1.807) is 13.3 Å². The molecule has 0 aromatic heterocycles. The van der Waals surface area contributed by atoms with Crippen molar-refractivity contribution < 1.29 is 14.2 Å². The first-order valence-corrected chi connectivity index (χ1v) is 9.36. The zero-order valence-electron chi connectivity index (χ0n) is 15.2. The lowest BCUT2D eigenvalue weighted by Crippen LogP contribution is -1.97. The van der Waals surface area contributed by atoms with E-state index in [-0.39, 0.29) is 0 Å². The van der Waals surface area contributed by atoms with Crippen LogP contribution in [0.4, 0.5) is 5.69 Å². The standard InChI is InChI=1S/C22H20BrNO3/c1-3-26-22-20(23)13-16(14-21(22)25-2)15-24-17-9-11-19(12-10-17)27-18-7-5-4-6-8-18/h4-15H,3H2,1-2H3. The van der Waals surface area contributed by atoms with Crippen molar-refractivity contribution >= 4 is 27.8 Å². The van der Waals surface area contributed by atoms with Gasteiger partial charge in [-0.2, -0.15) is 0 Å². The molecule has 0 aliphatic rings. The van der Waals surface area contributed by atoms with E-state index in [0.717, 1.165) is 27.2 Å². The smallest absolute Gasteiger partial charge is 0.175 e. The molecule has 0 N–H and O–H groups in total. The van der Waals surface area contributed by atoms with E-state index >= 15 is 0 Å². The average Bonchev–Trinajstić information content (AvgIpc) is 2.70. The minimum Gasteiger partial charge on any atom is -0.493 e. The fourth-order valence-corrected chi connectivity index (χ4v) is 3.05. The van der Waals surface area contributed by atoms with Crippen LogP contribution in [0.15, 0.2) is 76.2 Å². The number of hydrogen-bond acceptors (Lipinski definition) is 4. The molecule has 5 heteroatoms. The number of halogens is 1. The first-order valence-electron chi connectivity index (χ1n) is 8.57. The van der Waals surface area contributed by atoms with Crippen LogP contribution in [0.25, 0.3) is 0 Å². The summed E-state index contributed by atoms with van der Waals surface area (Å²) in [5.41, 5.74) is 1.74. The van der Waals surface area contributed by atoms with E-state index in [1.165, 1.54) is 0 Å². The molecule has 3 rings (SSSR count).